The number of sulfonamides is 1. The monoisotopic (exact) mass is 430 g/mol. The number of carbonyl (C=O) groups excluding carboxylic acids is 1. The molecule has 0 bridgehead atoms. The van der Waals surface area contributed by atoms with Gasteiger partial charge in [-0.2, -0.15) is 0 Å². The van der Waals surface area contributed by atoms with Crippen LogP contribution in [0.25, 0.3) is 0 Å². The van der Waals surface area contributed by atoms with E-state index in [1.807, 2.05) is 31.4 Å². The van der Waals surface area contributed by atoms with E-state index in [0.717, 1.165) is 4.88 Å². The summed E-state index contributed by atoms with van der Waals surface area (Å²) in [5.74, 6) is 0.394. The molecule has 3 aromatic rings. The zero-order valence-electron chi connectivity index (χ0n) is 16.1. The molecule has 0 radical (unpaired) electrons. The first-order valence-electron chi connectivity index (χ1n) is 9.09. The maximum atomic E-state index is 12.5. The van der Waals surface area contributed by atoms with Gasteiger partial charge in [-0.3, -0.25) is 9.52 Å². The van der Waals surface area contributed by atoms with E-state index in [4.69, 9.17) is 4.74 Å². The van der Waals surface area contributed by atoms with E-state index in [1.165, 1.54) is 12.1 Å². The van der Waals surface area contributed by atoms with Crippen molar-refractivity contribution in [1.29, 1.82) is 0 Å². The molecule has 8 heteroatoms. The van der Waals surface area contributed by atoms with Crippen LogP contribution in [0.5, 0.6) is 5.75 Å². The van der Waals surface area contributed by atoms with E-state index in [9.17, 15) is 13.2 Å². The average molecular weight is 431 g/mol. The van der Waals surface area contributed by atoms with Crippen LogP contribution < -0.4 is 14.8 Å². The molecule has 0 aliphatic heterocycles. The van der Waals surface area contributed by atoms with Gasteiger partial charge in [0.05, 0.1) is 17.5 Å². The molecule has 1 amide bonds. The molecule has 1 atom stereocenters. The third-order valence-corrected chi connectivity index (χ3v) is 6.61. The topological polar surface area (TPSA) is 84.5 Å². The largest absolute Gasteiger partial charge is 0.494 e. The average Bonchev–Trinajstić information content (AvgIpc) is 3.24. The quantitative estimate of drug-likeness (QED) is 0.553. The van der Waals surface area contributed by atoms with Crippen LogP contribution in [0.4, 0.5) is 5.69 Å². The van der Waals surface area contributed by atoms with Gasteiger partial charge in [0.1, 0.15) is 5.75 Å². The molecule has 0 spiro atoms. The first-order chi connectivity index (χ1) is 13.9. The molecule has 0 saturated carbocycles. The lowest BCUT2D eigenvalue weighted by atomic mass is 10.2. The fourth-order valence-corrected chi connectivity index (χ4v) is 4.47. The van der Waals surface area contributed by atoms with Gasteiger partial charge >= 0.3 is 0 Å². The predicted molar refractivity (Wildman–Crippen MR) is 115 cm³/mol. The van der Waals surface area contributed by atoms with E-state index in [2.05, 4.69) is 10.0 Å². The molecule has 0 saturated heterocycles. The minimum absolute atomic E-state index is 0.0969. The number of amides is 1. The number of thiophene rings is 1. The van der Waals surface area contributed by atoms with Gasteiger partial charge in [-0.15, -0.1) is 11.3 Å². The van der Waals surface area contributed by atoms with E-state index >= 15 is 0 Å². The summed E-state index contributed by atoms with van der Waals surface area (Å²) in [7, 11) is -3.73. The standard InChI is InChI=1S/C21H22N2O4S2/c1-3-27-18-10-12-19(13-11-18)29(25,26)23-17-8-6-16(7-9-17)21(24)22-15(2)20-5-4-14-28-20/h4-15,23H,3H2,1-2H3,(H,22,24). The lowest BCUT2D eigenvalue weighted by molar-refractivity contribution is 0.0940. The number of rotatable bonds is 8. The fourth-order valence-electron chi connectivity index (χ4n) is 2.67. The number of carbonyl (C=O) groups is 1. The van der Waals surface area contributed by atoms with Gasteiger partial charge in [-0.05, 0) is 73.8 Å². The zero-order valence-corrected chi connectivity index (χ0v) is 17.7. The Kier molecular flexibility index (Phi) is 6.56. The van der Waals surface area contributed by atoms with Crippen molar-refractivity contribution in [2.45, 2.75) is 24.8 Å². The molecule has 0 fully saturated rings. The van der Waals surface area contributed by atoms with Crippen molar-refractivity contribution in [2.75, 3.05) is 11.3 Å². The van der Waals surface area contributed by atoms with Gasteiger partial charge in [0.2, 0.25) is 0 Å². The van der Waals surface area contributed by atoms with E-state index in [-0.39, 0.29) is 16.8 Å². The second-order valence-corrected chi connectivity index (χ2v) is 8.96. The third-order valence-electron chi connectivity index (χ3n) is 4.16. The third kappa shape index (κ3) is 5.36. The van der Waals surface area contributed by atoms with Gasteiger partial charge < -0.3 is 10.1 Å². The molecule has 0 aliphatic carbocycles. The summed E-state index contributed by atoms with van der Waals surface area (Å²) in [6.07, 6.45) is 0. The molecule has 152 valence electrons. The molecule has 0 aliphatic rings. The van der Waals surface area contributed by atoms with Crippen LogP contribution in [0.1, 0.15) is 35.1 Å². The van der Waals surface area contributed by atoms with Crippen molar-refractivity contribution < 1.29 is 17.9 Å². The van der Waals surface area contributed by atoms with Crippen LogP contribution in [0.2, 0.25) is 0 Å². The summed E-state index contributed by atoms with van der Waals surface area (Å²) < 4.78 is 32.9. The lowest BCUT2D eigenvalue weighted by Crippen LogP contribution is -2.26. The molecule has 6 nitrogen and oxygen atoms in total. The second kappa shape index (κ2) is 9.11. The Morgan fingerprint density at radius 3 is 2.34 bits per heavy atom. The number of nitrogens with one attached hydrogen (secondary N) is 2. The highest BCUT2D eigenvalue weighted by atomic mass is 32.2. The molecular weight excluding hydrogens is 408 g/mol. The normalized spacial score (nSPS) is 12.2. The summed E-state index contributed by atoms with van der Waals surface area (Å²) in [6, 6.07) is 16.3. The first kappa shape index (κ1) is 20.9. The lowest BCUT2D eigenvalue weighted by Gasteiger charge is -2.13. The molecule has 1 aromatic heterocycles. The minimum atomic E-state index is -3.73. The summed E-state index contributed by atoms with van der Waals surface area (Å²) in [5, 5.41) is 4.89. The highest BCUT2D eigenvalue weighted by Gasteiger charge is 2.16. The molecule has 3 rings (SSSR count). The Hall–Kier alpha value is -2.84. The van der Waals surface area contributed by atoms with E-state index < -0.39 is 10.0 Å². The van der Waals surface area contributed by atoms with Crippen molar-refractivity contribution >= 4 is 33.0 Å². The van der Waals surface area contributed by atoms with Gasteiger partial charge in [-0.1, -0.05) is 6.07 Å². The SMILES string of the molecule is CCOc1ccc(S(=O)(=O)Nc2ccc(C(=O)NC(C)c3cccs3)cc2)cc1. The predicted octanol–water partition coefficient (Wildman–Crippen LogP) is 4.44. The van der Waals surface area contributed by atoms with Gasteiger partial charge in [0, 0.05) is 16.1 Å². The Bertz CT molecular complexity index is 1050. The van der Waals surface area contributed by atoms with Crippen molar-refractivity contribution in [3.63, 3.8) is 0 Å². The number of benzene rings is 2. The summed E-state index contributed by atoms with van der Waals surface area (Å²) in [6.45, 7) is 4.29. The van der Waals surface area contributed by atoms with Crippen LogP contribution in [0, 0.1) is 0 Å². The maximum Gasteiger partial charge on any atom is 0.261 e. The van der Waals surface area contributed by atoms with Gasteiger partial charge in [0.25, 0.3) is 15.9 Å². The first-order valence-corrected chi connectivity index (χ1v) is 11.5. The van der Waals surface area contributed by atoms with Crippen LogP contribution in [-0.2, 0) is 10.0 Å². The molecule has 29 heavy (non-hydrogen) atoms. The van der Waals surface area contributed by atoms with E-state index in [1.54, 1.807) is 47.7 Å². The maximum absolute atomic E-state index is 12.5. The molecular formula is C21H22N2O4S2. The smallest absolute Gasteiger partial charge is 0.261 e. The minimum Gasteiger partial charge on any atom is -0.494 e. The van der Waals surface area contributed by atoms with Crippen molar-refractivity contribution in [3.05, 3.63) is 76.5 Å². The van der Waals surface area contributed by atoms with E-state index in [0.29, 0.717) is 23.6 Å². The number of hydrogen-bond donors (Lipinski definition) is 2. The summed E-state index contributed by atoms with van der Waals surface area (Å²) in [5.41, 5.74) is 0.833. The van der Waals surface area contributed by atoms with Gasteiger partial charge in [0.15, 0.2) is 0 Å². The van der Waals surface area contributed by atoms with Crippen molar-refractivity contribution in [3.8, 4) is 5.75 Å². The Labute approximate surface area is 174 Å². The van der Waals surface area contributed by atoms with Crippen LogP contribution >= 0.6 is 11.3 Å². The Balaban J connectivity index is 1.65. The van der Waals surface area contributed by atoms with Crippen LogP contribution in [-0.4, -0.2) is 20.9 Å². The summed E-state index contributed by atoms with van der Waals surface area (Å²) in [4.78, 5) is 13.6. The van der Waals surface area contributed by atoms with Gasteiger partial charge in [-0.25, -0.2) is 8.42 Å². The van der Waals surface area contributed by atoms with Crippen LogP contribution in [0.3, 0.4) is 0 Å². The molecule has 2 aromatic carbocycles. The second-order valence-electron chi connectivity index (χ2n) is 6.30. The number of hydrogen-bond acceptors (Lipinski definition) is 5. The highest BCUT2D eigenvalue weighted by Crippen LogP contribution is 2.21. The van der Waals surface area contributed by atoms with Crippen molar-refractivity contribution in [2.24, 2.45) is 0 Å². The number of anilines is 1. The van der Waals surface area contributed by atoms with Crippen molar-refractivity contribution in [1.82, 2.24) is 5.32 Å². The molecule has 2 N–H and O–H groups in total. The zero-order chi connectivity index (χ0) is 20.9. The molecule has 1 heterocycles. The Morgan fingerprint density at radius 1 is 1.07 bits per heavy atom. The fraction of sp³-hybridized carbons (Fsp3) is 0.190. The number of ether oxygens (including phenoxy) is 1. The van der Waals surface area contributed by atoms with Crippen LogP contribution in [0.15, 0.2) is 70.9 Å². The summed E-state index contributed by atoms with van der Waals surface area (Å²) >= 11 is 1.58. The molecule has 1 unspecified atom stereocenters. The highest BCUT2D eigenvalue weighted by molar-refractivity contribution is 7.92. The Morgan fingerprint density at radius 2 is 1.76 bits per heavy atom.